The Morgan fingerprint density at radius 1 is 1.43 bits per heavy atom. The lowest BCUT2D eigenvalue weighted by atomic mass is 9.82. The average molecular weight is 290 g/mol. The smallest absolute Gasteiger partial charge is 0.228 e. The molecule has 0 saturated heterocycles. The van der Waals surface area contributed by atoms with Crippen LogP contribution in [0.15, 0.2) is 18.2 Å². The fourth-order valence-electron chi connectivity index (χ4n) is 2.66. The zero-order valence-corrected chi connectivity index (χ0v) is 13.5. The van der Waals surface area contributed by atoms with Crippen molar-refractivity contribution >= 4 is 5.91 Å². The molecular weight excluding hydrogens is 264 g/mol. The van der Waals surface area contributed by atoms with Crippen LogP contribution in [0.2, 0.25) is 0 Å². The molecule has 2 rings (SSSR count). The van der Waals surface area contributed by atoms with Crippen LogP contribution >= 0.6 is 0 Å². The van der Waals surface area contributed by atoms with Crippen molar-refractivity contribution in [1.29, 1.82) is 0 Å². The second-order valence-corrected chi connectivity index (χ2v) is 6.63. The van der Waals surface area contributed by atoms with Crippen LogP contribution in [0.25, 0.3) is 0 Å². The Kier molecular flexibility index (Phi) is 5.01. The highest BCUT2D eigenvalue weighted by atomic mass is 16.5. The number of methoxy groups -OCH3 is 1. The standard InChI is InChI=1S/C17H26N2O2/c1-17(2,3)13-5-6-14-12(9-13)10-18-11-15(14)16(20)19-7-8-21-4/h5-6,9,15,18H,7-8,10-11H2,1-4H3,(H,19,20). The first-order chi connectivity index (χ1) is 9.93. The fraction of sp³-hybridized carbons (Fsp3) is 0.588. The van der Waals surface area contributed by atoms with Crippen molar-refractivity contribution in [3.8, 4) is 0 Å². The summed E-state index contributed by atoms with van der Waals surface area (Å²) in [6.45, 7) is 9.25. The molecule has 21 heavy (non-hydrogen) atoms. The molecule has 1 heterocycles. The maximum absolute atomic E-state index is 12.3. The van der Waals surface area contributed by atoms with E-state index in [0.29, 0.717) is 19.7 Å². The van der Waals surface area contributed by atoms with Crippen molar-refractivity contribution in [2.75, 3.05) is 26.8 Å². The summed E-state index contributed by atoms with van der Waals surface area (Å²) in [6.07, 6.45) is 0. The van der Waals surface area contributed by atoms with Crippen LogP contribution in [0.1, 0.15) is 43.4 Å². The average Bonchev–Trinajstić information content (AvgIpc) is 2.45. The Balaban J connectivity index is 2.18. The zero-order valence-electron chi connectivity index (χ0n) is 13.5. The van der Waals surface area contributed by atoms with E-state index in [1.807, 2.05) is 0 Å². The van der Waals surface area contributed by atoms with Gasteiger partial charge in [0.1, 0.15) is 0 Å². The Bertz CT molecular complexity index is 506. The number of benzene rings is 1. The van der Waals surface area contributed by atoms with Crippen LogP contribution < -0.4 is 10.6 Å². The van der Waals surface area contributed by atoms with E-state index >= 15 is 0 Å². The van der Waals surface area contributed by atoms with Gasteiger partial charge in [-0.1, -0.05) is 39.0 Å². The van der Waals surface area contributed by atoms with E-state index in [1.165, 1.54) is 11.1 Å². The second kappa shape index (κ2) is 6.58. The molecule has 0 aromatic heterocycles. The lowest BCUT2D eigenvalue weighted by Crippen LogP contribution is -2.40. The molecule has 0 bridgehead atoms. The van der Waals surface area contributed by atoms with Crippen LogP contribution in [-0.4, -0.2) is 32.7 Å². The van der Waals surface area contributed by atoms with Crippen LogP contribution in [0, 0.1) is 0 Å². The van der Waals surface area contributed by atoms with Gasteiger partial charge in [0.2, 0.25) is 5.91 Å². The third-order valence-corrected chi connectivity index (χ3v) is 3.97. The molecule has 1 atom stereocenters. The molecular formula is C17H26N2O2. The van der Waals surface area contributed by atoms with Crippen molar-refractivity contribution in [3.05, 3.63) is 34.9 Å². The Labute approximate surface area is 127 Å². The van der Waals surface area contributed by atoms with E-state index in [1.54, 1.807) is 7.11 Å². The van der Waals surface area contributed by atoms with Gasteiger partial charge in [0.25, 0.3) is 0 Å². The van der Waals surface area contributed by atoms with E-state index in [2.05, 4.69) is 49.6 Å². The van der Waals surface area contributed by atoms with Crippen molar-refractivity contribution in [2.45, 2.75) is 38.6 Å². The van der Waals surface area contributed by atoms with E-state index in [-0.39, 0.29) is 17.2 Å². The lowest BCUT2D eigenvalue weighted by molar-refractivity contribution is -0.122. The van der Waals surface area contributed by atoms with Gasteiger partial charge in [0.15, 0.2) is 0 Å². The van der Waals surface area contributed by atoms with Crippen LogP contribution in [0.4, 0.5) is 0 Å². The summed E-state index contributed by atoms with van der Waals surface area (Å²) in [6, 6.07) is 6.51. The monoisotopic (exact) mass is 290 g/mol. The minimum Gasteiger partial charge on any atom is -0.383 e. The second-order valence-electron chi connectivity index (χ2n) is 6.63. The van der Waals surface area contributed by atoms with Gasteiger partial charge in [-0.15, -0.1) is 0 Å². The molecule has 1 unspecified atom stereocenters. The van der Waals surface area contributed by atoms with Gasteiger partial charge in [-0.25, -0.2) is 0 Å². The molecule has 116 valence electrons. The minimum absolute atomic E-state index is 0.0732. The maximum atomic E-state index is 12.3. The number of carbonyl (C=O) groups is 1. The Morgan fingerprint density at radius 3 is 2.86 bits per heavy atom. The van der Waals surface area contributed by atoms with Crippen molar-refractivity contribution < 1.29 is 9.53 Å². The first-order valence-corrected chi connectivity index (χ1v) is 7.54. The lowest BCUT2D eigenvalue weighted by Gasteiger charge is -2.28. The third-order valence-electron chi connectivity index (χ3n) is 3.97. The molecule has 2 N–H and O–H groups in total. The van der Waals surface area contributed by atoms with E-state index in [4.69, 9.17) is 4.74 Å². The molecule has 0 aliphatic carbocycles. The number of rotatable bonds is 4. The molecule has 0 radical (unpaired) electrons. The fourth-order valence-corrected chi connectivity index (χ4v) is 2.66. The van der Waals surface area contributed by atoms with Crippen LogP contribution in [0.3, 0.4) is 0 Å². The SMILES string of the molecule is COCCNC(=O)C1CNCc2cc(C(C)(C)C)ccc21. The first-order valence-electron chi connectivity index (χ1n) is 7.54. The first kappa shape index (κ1) is 16.0. The molecule has 1 aliphatic rings. The maximum Gasteiger partial charge on any atom is 0.228 e. The molecule has 0 saturated carbocycles. The molecule has 1 aromatic carbocycles. The van der Waals surface area contributed by atoms with Gasteiger partial charge in [-0.3, -0.25) is 4.79 Å². The van der Waals surface area contributed by atoms with Gasteiger partial charge in [0.05, 0.1) is 12.5 Å². The van der Waals surface area contributed by atoms with Gasteiger partial charge in [-0.05, 0) is 22.1 Å². The summed E-state index contributed by atoms with van der Waals surface area (Å²) in [4.78, 5) is 12.3. The normalized spacial score (nSPS) is 18.2. The highest BCUT2D eigenvalue weighted by Crippen LogP contribution is 2.30. The molecule has 0 spiro atoms. The predicted octanol–water partition coefficient (Wildman–Crippen LogP) is 1.93. The summed E-state index contributed by atoms with van der Waals surface area (Å²) in [7, 11) is 1.64. The quantitative estimate of drug-likeness (QED) is 0.833. The van der Waals surface area contributed by atoms with Gasteiger partial charge >= 0.3 is 0 Å². The topological polar surface area (TPSA) is 50.4 Å². The Morgan fingerprint density at radius 2 is 2.19 bits per heavy atom. The van der Waals surface area contributed by atoms with E-state index < -0.39 is 0 Å². The van der Waals surface area contributed by atoms with Gasteiger partial charge < -0.3 is 15.4 Å². The molecule has 1 amide bonds. The molecule has 1 aromatic rings. The third kappa shape index (κ3) is 3.83. The summed E-state index contributed by atoms with van der Waals surface area (Å²) >= 11 is 0. The van der Waals surface area contributed by atoms with Crippen molar-refractivity contribution in [1.82, 2.24) is 10.6 Å². The number of hydrogen-bond donors (Lipinski definition) is 2. The Hall–Kier alpha value is -1.39. The number of amides is 1. The number of hydrogen-bond acceptors (Lipinski definition) is 3. The van der Waals surface area contributed by atoms with Crippen LogP contribution in [0.5, 0.6) is 0 Å². The highest BCUT2D eigenvalue weighted by molar-refractivity contribution is 5.84. The number of ether oxygens (including phenoxy) is 1. The summed E-state index contributed by atoms with van der Waals surface area (Å²) < 4.78 is 4.97. The predicted molar refractivity (Wildman–Crippen MR) is 84.5 cm³/mol. The number of fused-ring (bicyclic) bond motifs is 1. The van der Waals surface area contributed by atoms with Gasteiger partial charge in [-0.2, -0.15) is 0 Å². The molecule has 0 fully saturated rings. The van der Waals surface area contributed by atoms with Gasteiger partial charge in [0, 0.05) is 26.7 Å². The van der Waals surface area contributed by atoms with Crippen molar-refractivity contribution in [3.63, 3.8) is 0 Å². The summed E-state index contributed by atoms with van der Waals surface area (Å²) in [5, 5.41) is 6.28. The molecule has 4 nitrogen and oxygen atoms in total. The summed E-state index contributed by atoms with van der Waals surface area (Å²) in [5.74, 6) is -0.0383. The van der Waals surface area contributed by atoms with Crippen molar-refractivity contribution in [2.24, 2.45) is 0 Å². The largest absolute Gasteiger partial charge is 0.383 e. The van der Waals surface area contributed by atoms with E-state index in [0.717, 1.165) is 12.1 Å². The molecule has 4 heteroatoms. The number of nitrogens with one attached hydrogen (secondary N) is 2. The highest BCUT2D eigenvalue weighted by Gasteiger charge is 2.27. The zero-order chi connectivity index (χ0) is 15.5. The molecule has 1 aliphatic heterocycles. The minimum atomic E-state index is -0.111. The van der Waals surface area contributed by atoms with Crippen LogP contribution in [-0.2, 0) is 21.5 Å². The van der Waals surface area contributed by atoms with E-state index in [9.17, 15) is 4.79 Å². The number of carbonyl (C=O) groups excluding carboxylic acids is 1. The summed E-state index contributed by atoms with van der Waals surface area (Å²) in [5.41, 5.74) is 3.82.